The highest BCUT2D eigenvalue weighted by molar-refractivity contribution is 9.10. The topological polar surface area (TPSA) is 74.2 Å². The molecule has 5 nitrogen and oxygen atoms in total. The molecule has 0 saturated carbocycles. The van der Waals surface area contributed by atoms with Crippen LogP contribution in [-0.4, -0.2) is 16.0 Å². The summed E-state index contributed by atoms with van der Waals surface area (Å²) in [6.45, 7) is 0.530. The lowest BCUT2D eigenvalue weighted by Gasteiger charge is -2.09. The Bertz CT molecular complexity index is 865. The van der Waals surface area contributed by atoms with E-state index < -0.39 is 0 Å². The summed E-state index contributed by atoms with van der Waals surface area (Å²) >= 11 is 4.79. The van der Waals surface area contributed by atoms with Gasteiger partial charge in [-0.15, -0.1) is 11.3 Å². The Labute approximate surface area is 157 Å². The number of para-hydroxylation sites is 1. The number of aliphatic hydroxyl groups excluding tert-OH is 1. The predicted octanol–water partition coefficient (Wildman–Crippen LogP) is 4.26. The summed E-state index contributed by atoms with van der Waals surface area (Å²) < 4.78 is 1.01. The molecule has 3 rings (SSSR count). The van der Waals surface area contributed by atoms with Gasteiger partial charge in [0.1, 0.15) is 0 Å². The molecule has 1 amide bonds. The average Bonchev–Trinajstić information content (AvgIpc) is 3.09. The molecule has 0 spiro atoms. The van der Waals surface area contributed by atoms with E-state index in [4.69, 9.17) is 5.11 Å². The van der Waals surface area contributed by atoms with Crippen LogP contribution in [0.15, 0.2) is 58.4 Å². The summed E-state index contributed by atoms with van der Waals surface area (Å²) in [5, 5.41) is 17.3. The number of anilines is 2. The van der Waals surface area contributed by atoms with E-state index >= 15 is 0 Å². The maximum absolute atomic E-state index is 12.2. The van der Waals surface area contributed by atoms with Gasteiger partial charge in [-0.05, 0) is 45.8 Å². The number of thiazole rings is 1. The van der Waals surface area contributed by atoms with Gasteiger partial charge in [-0.3, -0.25) is 10.1 Å². The van der Waals surface area contributed by atoms with Crippen molar-refractivity contribution in [2.24, 2.45) is 0 Å². The first kappa shape index (κ1) is 17.6. The number of nitrogens with one attached hydrogen (secondary N) is 2. The number of aromatic nitrogens is 1. The van der Waals surface area contributed by atoms with E-state index in [-0.39, 0.29) is 12.5 Å². The lowest BCUT2D eigenvalue weighted by Crippen LogP contribution is -2.12. The molecule has 0 atom stereocenters. The number of carbonyl (C=O) groups is 1. The van der Waals surface area contributed by atoms with Crippen LogP contribution < -0.4 is 10.6 Å². The van der Waals surface area contributed by atoms with Crippen LogP contribution in [0.4, 0.5) is 10.8 Å². The molecule has 3 N–H and O–H groups in total. The van der Waals surface area contributed by atoms with E-state index in [0.717, 1.165) is 15.7 Å². The molecule has 0 bridgehead atoms. The molecule has 2 aromatic carbocycles. The van der Waals surface area contributed by atoms with Gasteiger partial charge >= 0.3 is 0 Å². The highest BCUT2D eigenvalue weighted by Crippen LogP contribution is 2.22. The van der Waals surface area contributed by atoms with Gasteiger partial charge < -0.3 is 10.4 Å². The highest BCUT2D eigenvalue weighted by Gasteiger charge is 2.09. The number of halogens is 1. The monoisotopic (exact) mass is 417 g/mol. The molecular formula is C18H16BrN3O2S. The number of aliphatic hydroxyl groups is 1. The van der Waals surface area contributed by atoms with Gasteiger partial charge in [0, 0.05) is 27.6 Å². The van der Waals surface area contributed by atoms with Crippen LogP contribution in [0.25, 0.3) is 0 Å². The van der Waals surface area contributed by atoms with Gasteiger partial charge in [0.05, 0.1) is 12.3 Å². The summed E-state index contributed by atoms with van der Waals surface area (Å²) in [6.07, 6.45) is 0. The fraction of sp³-hybridized carbons (Fsp3) is 0.111. The van der Waals surface area contributed by atoms with E-state index in [1.165, 1.54) is 11.3 Å². The van der Waals surface area contributed by atoms with Crippen molar-refractivity contribution in [2.45, 2.75) is 13.2 Å². The summed E-state index contributed by atoms with van der Waals surface area (Å²) in [7, 11) is 0. The number of hydrogen-bond donors (Lipinski definition) is 3. The van der Waals surface area contributed by atoms with Gasteiger partial charge in [0.25, 0.3) is 5.91 Å². The zero-order valence-corrected chi connectivity index (χ0v) is 15.6. The van der Waals surface area contributed by atoms with Crippen LogP contribution in [0.3, 0.4) is 0 Å². The quantitative estimate of drug-likeness (QED) is 0.559. The fourth-order valence-electron chi connectivity index (χ4n) is 2.18. The van der Waals surface area contributed by atoms with Crippen molar-refractivity contribution in [1.82, 2.24) is 4.98 Å². The first-order valence-corrected chi connectivity index (χ1v) is 9.27. The molecule has 0 fully saturated rings. The van der Waals surface area contributed by atoms with E-state index in [9.17, 15) is 4.79 Å². The minimum Gasteiger partial charge on any atom is -0.390 e. The van der Waals surface area contributed by atoms with Gasteiger partial charge in [0.15, 0.2) is 5.13 Å². The number of benzene rings is 2. The molecule has 1 heterocycles. The maximum Gasteiger partial charge on any atom is 0.257 e. The lowest BCUT2D eigenvalue weighted by molar-refractivity contribution is 0.102. The van der Waals surface area contributed by atoms with Crippen LogP contribution in [0, 0.1) is 0 Å². The number of carbonyl (C=O) groups excluding carboxylic acids is 1. The van der Waals surface area contributed by atoms with Crippen LogP contribution in [0.5, 0.6) is 0 Å². The third kappa shape index (κ3) is 4.66. The Morgan fingerprint density at radius 1 is 1.16 bits per heavy atom. The molecule has 0 aliphatic carbocycles. The smallest absolute Gasteiger partial charge is 0.257 e. The van der Waals surface area contributed by atoms with Crippen molar-refractivity contribution in [2.75, 3.05) is 10.6 Å². The first-order valence-electron chi connectivity index (χ1n) is 7.59. The predicted molar refractivity (Wildman–Crippen MR) is 104 cm³/mol. The third-order valence-electron chi connectivity index (χ3n) is 3.51. The molecule has 0 saturated heterocycles. The Balaban J connectivity index is 1.59. The fourth-order valence-corrected chi connectivity index (χ4v) is 3.30. The Hall–Kier alpha value is -2.22. The summed E-state index contributed by atoms with van der Waals surface area (Å²) in [5.41, 5.74) is 3.20. The normalized spacial score (nSPS) is 10.5. The van der Waals surface area contributed by atoms with Crippen molar-refractivity contribution < 1.29 is 9.90 Å². The Morgan fingerprint density at radius 3 is 2.60 bits per heavy atom. The minimum atomic E-state index is -0.218. The molecule has 0 aliphatic heterocycles. The molecule has 0 aliphatic rings. The molecule has 3 aromatic rings. The second-order valence-electron chi connectivity index (χ2n) is 5.29. The lowest BCUT2D eigenvalue weighted by atomic mass is 10.1. The van der Waals surface area contributed by atoms with Gasteiger partial charge in [-0.2, -0.15) is 0 Å². The zero-order chi connectivity index (χ0) is 17.6. The van der Waals surface area contributed by atoms with Crippen LogP contribution in [-0.2, 0) is 13.2 Å². The Kier molecular flexibility index (Phi) is 5.80. The minimum absolute atomic E-state index is 0.133. The van der Waals surface area contributed by atoms with Crippen molar-refractivity contribution >= 4 is 44.0 Å². The van der Waals surface area contributed by atoms with E-state index in [1.54, 1.807) is 17.5 Å². The molecule has 25 heavy (non-hydrogen) atoms. The number of nitrogens with zero attached hydrogens (tertiary/aromatic N) is 1. The van der Waals surface area contributed by atoms with Gasteiger partial charge in [-0.1, -0.05) is 24.3 Å². The second kappa shape index (κ2) is 8.24. The van der Waals surface area contributed by atoms with Crippen molar-refractivity contribution in [3.8, 4) is 0 Å². The van der Waals surface area contributed by atoms with Crippen LogP contribution >= 0.6 is 27.3 Å². The summed E-state index contributed by atoms with van der Waals surface area (Å²) in [4.78, 5) is 16.3. The number of amides is 1. The molecule has 0 unspecified atom stereocenters. The van der Waals surface area contributed by atoms with Gasteiger partial charge in [-0.25, -0.2) is 4.98 Å². The second-order valence-corrected chi connectivity index (χ2v) is 7.00. The SMILES string of the molecule is O=C(Nc1nc(CO)cs1)c1ccc(CNc2ccccc2Br)cc1. The van der Waals surface area contributed by atoms with Crippen LogP contribution in [0.1, 0.15) is 21.6 Å². The van der Waals surface area contributed by atoms with E-state index in [0.29, 0.717) is 22.9 Å². The third-order valence-corrected chi connectivity index (χ3v) is 5.01. The number of rotatable bonds is 6. The highest BCUT2D eigenvalue weighted by atomic mass is 79.9. The van der Waals surface area contributed by atoms with Crippen molar-refractivity contribution in [3.05, 3.63) is 75.2 Å². The molecule has 1 aromatic heterocycles. The van der Waals surface area contributed by atoms with E-state index in [1.807, 2.05) is 36.4 Å². The zero-order valence-electron chi connectivity index (χ0n) is 13.2. The summed E-state index contributed by atoms with van der Waals surface area (Å²) in [6, 6.07) is 15.3. The van der Waals surface area contributed by atoms with Crippen molar-refractivity contribution in [1.29, 1.82) is 0 Å². The standard InChI is InChI=1S/C18H16BrN3O2S/c19-15-3-1-2-4-16(15)20-9-12-5-7-13(8-6-12)17(24)22-18-21-14(10-23)11-25-18/h1-8,11,20,23H,9-10H2,(H,21,22,24). The largest absolute Gasteiger partial charge is 0.390 e. The molecule has 7 heteroatoms. The van der Waals surface area contributed by atoms with Gasteiger partial charge in [0.2, 0.25) is 0 Å². The first-order chi connectivity index (χ1) is 12.2. The van der Waals surface area contributed by atoms with Crippen LogP contribution in [0.2, 0.25) is 0 Å². The molecule has 0 radical (unpaired) electrons. The average molecular weight is 418 g/mol. The number of hydrogen-bond acceptors (Lipinski definition) is 5. The summed E-state index contributed by atoms with van der Waals surface area (Å²) in [5.74, 6) is -0.218. The Morgan fingerprint density at radius 2 is 1.92 bits per heavy atom. The molecular weight excluding hydrogens is 402 g/mol. The maximum atomic E-state index is 12.2. The van der Waals surface area contributed by atoms with Crippen molar-refractivity contribution in [3.63, 3.8) is 0 Å². The van der Waals surface area contributed by atoms with E-state index in [2.05, 4.69) is 31.5 Å². The molecule has 128 valence electrons.